The number of aromatic nitrogens is 1. The van der Waals surface area contributed by atoms with Crippen molar-refractivity contribution in [2.45, 2.75) is 26.8 Å². The van der Waals surface area contributed by atoms with E-state index >= 15 is 0 Å². The third-order valence-corrected chi connectivity index (χ3v) is 6.30. The number of aliphatic hydroxyl groups excluding tert-OH is 1. The number of rotatable bonds is 10. The van der Waals surface area contributed by atoms with Crippen LogP contribution in [0, 0.1) is 23.0 Å². The Morgan fingerprint density at radius 3 is 2.52 bits per heavy atom. The van der Waals surface area contributed by atoms with Crippen LogP contribution in [0.25, 0.3) is 0 Å². The lowest BCUT2D eigenvalue weighted by molar-refractivity contribution is 0.335. The first-order valence-corrected chi connectivity index (χ1v) is 13.0. The van der Waals surface area contributed by atoms with Crippen LogP contribution in [0.1, 0.15) is 31.4 Å². The summed E-state index contributed by atoms with van der Waals surface area (Å²) >= 11 is 0. The van der Waals surface area contributed by atoms with Crippen molar-refractivity contribution in [2.24, 2.45) is 10.9 Å². The summed E-state index contributed by atoms with van der Waals surface area (Å²) in [5.41, 5.74) is 1.93. The Morgan fingerprint density at radius 2 is 1.82 bits per heavy atom. The maximum atomic E-state index is 14.6. The van der Waals surface area contributed by atoms with Crippen LogP contribution in [0.15, 0.2) is 83.3 Å². The van der Waals surface area contributed by atoms with Crippen molar-refractivity contribution in [1.82, 2.24) is 4.98 Å². The molecule has 0 amide bonds. The van der Waals surface area contributed by atoms with Crippen LogP contribution in [0.3, 0.4) is 0 Å². The minimum Gasteiger partial charge on any atom is -0.504 e. The molecule has 0 saturated carbocycles. The number of amidine groups is 1. The lowest BCUT2D eigenvalue weighted by Gasteiger charge is -2.15. The molecule has 1 aromatic heterocycles. The number of hydrogen-bond donors (Lipinski definition) is 5. The number of allylic oxidation sites excluding steroid dienone is 3. The van der Waals surface area contributed by atoms with E-state index in [9.17, 15) is 13.9 Å². The number of para-hydroxylation sites is 1. The van der Waals surface area contributed by atoms with Gasteiger partial charge < -0.3 is 25.8 Å². The Morgan fingerprint density at radius 1 is 1.07 bits per heavy atom. The molecule has 4 rings (SSSR count). The monoisotopic (exact) mass is 546 g/mol. The minimum atomic E-state index is -0.722. The number of ether oxygens (including phenoxy) is 1. The summed E-state index contributed by atoms with van der Waals surface area (Å²) in [6, 6.07) is 12.8. The number of anilines is 3. The van der Waals surface area contributed by atoms with Crippen molar-refractivity contribution in [3.8, 4) is 5.75 Å². The van der Waals surface area contributed by atoms with E-state index in [0.717, 1.165) is 12.1 Å². The van der Waals surface area contributed by atoms with E-state index < -0.39 is 11.6 Å². The molecule has 8 nitrogen and oxygen atoms in total. The van der Waals surface area contributed by atoms with Gasteiger partial charge in [-0.2, -0.15) is 0 Å². The number of benzene rings is 2. The van der Waals surface area contributed by atoms with Gasteiger partial charge in [0, 0.05) is 66.4 Å². The Hall–Kier alpha value is -4.73. The molecule has 0 radical (unpaired) electrons. The molecular weight excluding hydrogens is 514 g/mol. The molecule has 3 aromatic rings. The van der Waals surface area contributed by atoms with E-state index in [-0.39, 0.29) is 41.1 Å². The second-order valence-electron chi connectivity index (χ2n) is 9.01. The smallest absolute Gasteiger partial charge is 0.173 e. The molecule has 208 valence electrons. The second-order valence-corrected chi connectivity index (χ2v) is 9.01. The lowest BCUT2D eigenvalue weighted by Crippen LogP contribution is -2.17. The standard InChI is InChI=1S/C30H32F2N6O2/c1-4-18-12-26(38-30(27(39)13-18)37-19-10-11-35-28(14-19)34-3)29(33)21-8-6-7-9-25(21)36-17-22-23(31)15-20(40-5-2)16-24(22)32/h6-16,18,33,36,39H,4-5,17H2,1-3H3,(H2,34,35,37,38). The van der Waals surface area contributed by atoms with Gasteiger partial charge in [-0.05, 0) is 37.6 Å². The lowest BCUT2D eigenvalue weighted by atomic mass is 10.00. The molecule has 0 bridgehead atoms. The van der Waals surface area contributed by atoms with Crippen molar-refractivity contribution in [3.05, 3.63) is 101 Å². The third-order valence-electron chi connectivity index (χ3n) is 6.30. The van der Waals surface area contributed by atoms with E-state index in [1.165, 1.54) is 0 Å². The number of hydrogen-bond acceptors (Lipinski definition) is 8. The molecule has 0 aliphatic carbocycles. The van der Waals surface area contributed by atoms with Crippen molar-refractivity contribution >= 4 is 28.7 Å². The summed E-state index contributed by atoms with van der Waals surface area (Å²) in [6.07, 6.45) is 5.81. The largest absolute Gasteiger partial charge is 0.504 e. The Bertz CT molecular complexity index is 1460. The summed E-state index contributed by atoms with van der Waals surface area (Å²) in [7, 11) is 1.75. The highest BCUT2D eigenvalue weighted by molar-refractivity contribution is 6.17. The highest BCUT2D eigenvalue weighted by Crippen LogP contribution is 2.27. The van der Waals surface area contributed by atoms with E-state index in [0.29, 0.717) is 41.5 Å². The fourth-order valence-electron chi connectivity index (χ4n) is 4.17. The first-order valence-electron chi connectivity index (χ1n) is 13.0. The number of aliphatic imine (C=N–C) groups is 1. The average molecular weight is 547 g/mol. The first kappa shape index (κ1) is 28.3. The zero-order valence-corrected chi connectivity index (χ0v) is 22.6. The molecule has 1 aliphatic rings. The van der Waals surface area contributed by atoms with Crippen molar-refractivity contribution in [3.63, 3.8) is 0 Å². The highest BCUT2D eigenvalue weighted by atomic mass is 19.1. The van der Waals surface area contributed by atoms with Gasteiger partial charge in [0.1, 0.15) is 23.2 Å². The molecule has 40 heavy (non-hydrogen) atoms. The van der Waals surface area contributed by atoms with Gasteiger partial charge in [-0.15, -0.1) is 0 Å². The molecule has 1 aliphatic heterocycles. The Labute approximate surface area is 232 Å². The van der Waals surface area contributed by atoms with Crippen LogP contribution >= 0.6 is 0 Å². The zero-order chi connectivity index (χ0) is 28.6. The predicted octanol–water partition coefficient (Wildman–Crippen LogP) is 6.66. The molecule has 1 unspecified atom stereocenters. The SMILES string of the molecule is CCOc1cc(F)c(CNc2ccccc2C(=N)C2=CC(CC)C=C(O)C(Nc3ccnc(NC)c3)=N2)c(F)c1. The van der Waals surface area contributed by atoms with Gasteiger partial charge in [-0.3, -0.25) is 5.41 Å². The molecule has 0 fully saturated rings. The Kier molecular flexibility index (Phi) is 9.11. The fraction of sp³-hybridized carbons (Fsp3) is 0.233. The summed E-state index contributed by atoms with van der Waals surface area (Å²) in [6.45, 7) is 3.87. The minimum absolute atomic E-state index is 0.0402. The number of halogens is 2. The van der Waals surface area contributed by atoms with Gasteiger partial charge in [0.2, 0.25) is 0 Å². The van der Waals surface area contributed by atoms with Gasteiger partial charge in [-0.1, -0.05) is 25.1 Å². The van der Waals surface area contributed by atoms with Crippen LogP contribution in [-0.2, 0) is 6.54 Å². The summed E-state index contributed by atoms with van der Waals surface area (Å²) in [5, 5.41) is 29.0. The molecule has 0 saturated heterocycles. The molecule has 1 atom stereocenters. The van der Waals surface area contributed by atoms with E-state index in [2.05, 4.69) is 25.9 Å². The summed E-state index contributed by atoms with van der Waals surface area (Å²) in [5.74, 6) is -0.706. The topological polar surface area (TPSA) is 115 Å². The van der Waals surface area contributed by atoms with E-state index in [1.807, 2.05) is 13.0 Å². The van der Waals surface area contributed by atoms with Gasteiger partial charge in [0.15, 0.2) is 11.6 Å². The zero-order valence-electron chi connectivity index (χ0n) is 22.6. The number of nitrogens with one attached hydrogen (secondary N) is 4. The number of aliphatic hydroxyl groups is 1. The molecular formula is C30H32F2N6O2. The number of nitrogens with zero attached hydrogens (tertiary/aromatic N) is 2. The quantitative estimate of drug-likeness (QED) is 0.182. The van der Waals surface area contributed by atoms with Crippen LogP contribution in [0.2, 0.25) is 0 Å². The van der Waals surface area contributed by atoms with Crippen LogP contribution < -0.4 is 20.7 Å². The predicted molar refractivity (Wildman–Crippen MR) is 156 cm³/mol. The number of pyridine rings is 1. The van der Waals surface area contributed by atoms with E-state index in [1.54, 1.807) is 62.6 Å². The van der Waals surface area contributed by atoms with Gasteiger partial charge in [0.25, 0.3) is 0 Å². The molecule has 0 spiro atoms. The molecule has 2 heterocycles. The van der Waals surface area contributed by atoms with E-state index in [4.69, 9.17) is 10.1 Å². The molecule has 2 aromatic carbocycles. The van der Waals surface area contributed by atoms with Crippen molar-refractivity contribution in [1.29, 1.82) is 5.41 Å². The maximum absolute atomic E-state index is 14.6. The normalized spacial score (nSPS) is 14.8. The summed E-state index contributed by atoms with van der Waals surface area (Å²) in [4.78, 5) is 8.81. The summed E-state index contributed by atoms with van der Waals surface area (Å²) < 4.78 is 34.5. The van der Waals surface area contributed by atoms with Crippen LogP contribution in [0.4, 0.5) is 26.0 Å². The maximum Gasteiger partial charge on any atom is 0.173 e. The van der Waals surface area contributed by atoms with Crippen molar-refractivity contribution < 1.29 is 18.6 Å². The Balaban J connectivity index is 1.62. The highest BCUT2D eigenvalue weighted by Gasteiger charge is 2.20. The van der Waals surface area contributed by atoms with Gasteiger partial charge >= 0.3 is 0 Å². The van der Waals surface area contributed by atoms with Gasteiger partial charge in [0.05, 0.1) is 18.0 Å². The molecule has 10 heteroatoms. The van der Waals surface area contributed by atoms with Crippen LogP contribution in [0.5, 0.6) is 5.75 Å². The van der Waals surface area contributed by atoms with Gasteiger partial charge in [-0.25, -0.2) is 18.8 Å². The first-order chi connectivity index (χ1) is 19.3. The third kappa shape index (κ3) is 6.63. The molecule has 5 N–H and O–H groups in total. The van der Waals surface area contributed by atoms with Crippen molar-refractivity contribution in [2.75, 3.05) is 29.6 Å². The average Bonchev–Trinajstić information content (AvgIpc) is 3.11. The fourth-order valence-corrected chi connectivity index (χ4v) is 4.17. The van der Waals surface area contributed by atoms with Crippen LogP contribution in [-0.4, -0.2) is 35.3 Å². The second kappa shape index (κ2) is 12.9.